The summed E-state index contributed by atoms with van der Waals surface area (Å²) in [4.78, 5) is 11.2. The van der Waals surface area contributed by atoms with Gasteiger partial charge >= 0.3 is 0 Å². The minimum Gasteiger partial charge on any atom is -0.296 e. The normalized spacial score (nSPS) is 10.6. The fourth-order valence-corrected chi connectivity index (χ4v) is 2.31. The van der Waals surface area contributed by atoms with Crippen molar-refractivity contribution in [2.45, 2.75) is 6.54 Å². The predicted molar refractivity (Wildman–Crippen MR) is 81.4 cm³/mol. The summed E-state index contributed by atoms with van der Waals surface area (Å²) in [5.41, 5.74) is 2.43. The summed E-state index contributed by atoms with van der Waals surface area (Å²) in [6.45, 7) is 0.435. The molecule has 0 saturated carbocycles. The highest BCUT2D eigenvalue weighted by atomic mass is 35.5. The molecule has 3 rings (SSSR count). The Balaban J connectivity index is 2.01. The first-order valence-corrected chi connectivity index (χ1v) is 6.94. The summed E-state index contributed by atoms with van der Waals surface area (Å²) in [5, 5.41) is 8.53. The van der Waals surface area contributed by atoms with Crippen molar-refractivity contribution < 1.29 is 9.18 Å². The molecule has 1 heterocycles. The Morgan fingerprint density at radius 3 is 2.41 bits per heavy atom. The van der Waals surface area contributed by atoms with E-state index in [1.54, 1.807) is 28.9 Å². The average Bonchev–Trinajstić information content (AvgIpc) is 2.93. The molecule has 0 aliphatic carbocycles. The Bertz CT molecular complexity index is 797. The molecule has 0 saturated heterocycles. The van der Waals surface area contributed by atoms with Gasteiger partial charge in [-0.2, -0.15) is 0 Å². The maximum absolute atomic E-state index is 13.1. The molecule has 0 atom stereocenters. The second-order valence-corrected chi connectivity index (χ2v) is 5.17. The maximum Gasteiger partial charge on any atom is 0.172 e. The summed E-state index contributed by atoms with van der Waals surface area (Å²) in [5.74, 6) is -0.340. The number of rotatable bonds is 4. The van der Waals surface area contributed by atoms with Crippen LogP contribution in [0.4, 0.5) is 4.39 Å². The van der Waals surface area contributed by atoms with E-state index in [1.807, 2.05) is 12.1 Å². The van der Waals surface area contributed by atoms with Crippen molar-refractivity contribution in [1.82, 2.24) is 15.0 Å². The van der Waals surface area contributed by atoms with Gasteiger partial charge in [-0.25, -0.2) is 9.07 Å². The Morgan fingerprint density at radius 1 is 1.09 bits per heavy atom. The molecule has 0 unspecified atom stereocenters. The number of carbonyl (C=O) groups excluding carboxylic acids is 1. The lowest BCUT2D eigenvalue weighted by Crippen LogP contribution is -2.04. The Hall–Kier alpha value is -2.53. The van der Waals surface area contributed by atoms with Crippen molar-refractivity contribution in [1.29, 1.82) is 0 Å². The molecular weight excluding hydrogens is 305 g/mol. The zero-order valence-electron chi connectivity index (χ0n) is 11.4. The van der Waals surface area contributed by atoms with Crippen molar-refractivity contribution in [3.05, 3.63) is 70.6 Å². The molecule has 0 radical (unpaired) electrons. The molecule has 2 aromatic carbocycles. The Kier molecular flexibility index (Phi) is 3.98. The number of hydrogen-bond acceptors (Lipinski definition) is 3. The number of aldehydes is 1. The summed E-state index contributed by atoms with van der Waals surface area (Å²) >= 11 is 5.87. The van der Waals surface area contributed by atoms with Crippen LogP contribution in [0.3, 0.4) is 0 Å². The van der Waals surface area contributed by atoms with E-state index in [4.69, 9.17) is 11.6 Å². The predicted octanol–water partition coefficient (Wildman–Crippen LogP) is 3.60. The standard InChI is InChI=1S/C16H11ClFN3O/c17-13-5-1-11(2-6-13)9-21-16(15(10-22)19-20-21)12-3-7-14(18)8-4-12/h1-8,10H,9H2. The molecule has 0 aliphatic heterocycles. The van der Waals surface area contributed by atoms with Gasteiger partial charge in [0.15, 0.2) is 12.0 Å². The van der Waals surface area contributed by atoms with E-state index in [9.17, 15) is 9.18 Å². The lowest BCUT2D eigenvalue weighted by molar-refractivity contribution is 0.111. The van der Waals surface area contributed by atoms with Crippen LogP contribution in [-0.4, -0.2) is 21.3 Å². The van der Waals surface area contributed by atoms with E-state index in [0.29, 0.717) is 29.1 Å². The highest BCUT2D eigenvalue weighted by Crippen LogP contribution is 2.23. The third-order valence-electron chi connectivity index (χ3n) is 3.24. The monoisotopic (exact) mass is 315 g/mol. The smallest absolute Gasteiger partial charge is 0.172 e. The van der Waals surface area contributed by atoms with E-state index in [-0.39, 0.29) is 11.5 Å². The lowest BCUT2D eigenvalue weighted by atomic mass is 10.1. The van der Waals surface area contributed by atoms with Crippen LogP contribution in [0.2, 0.25) is 5.02 Å². The second kappa shape index (κ2) is 6.07. The molecule has 0 aliphatic rings. The number of benzene rings is 2. The highest BCUT2D eigenvalue weighted by Gasteiger charge is 2.14. The average molecular weight is 316 g/mol. The second-order valence-electron chi connectivity index (χ2n) is 4.73. The summed E-state index contributed by atoms with van der Waals surface area (Å²) in [6.07, 6.45) is 0.643. The van der Waals surface area contributed by atoms with Gasteiger partial charge in [0, 0.05) is 10.6 Å². The quantitative estimate of drug-likeness (QED) is 0.691. The summed E-state index contributed by atoms with van der Waals surface area (Å²) in [6, 6.07) is 13.2. The molecule has 0 N–H and O–H groups in total. The van der Waals surface area contributed by atoms with Crippen LogP contribution in [0, 0.1) is 5.82 Å². The van der Waals surface area contributed by atoms with Crippen molar-refractivity contribution in [2.75, 3.05) is 0 Å². The number of halogens is 2. The van der Waals surface area contributed by atoms with Crippen LogP contribution in [0.1, 0.15) is 16.1 Å². The van der Waals surface area contributed by atoms with Gasteiger partial charge in [-0.05, 0) is 42.0 Å². The first-order chi connectivity index (χ1) is 10.7. The van der Waals surface area contributed by atoms with E-state index in [2.05, 4.69) is 10.3 Å². The molecule has 3 aromatic rings. The Labute approximate surface area is 131 Å². The van der Waals surface area contributed by atoms with Gasteiger partial charge in [0.25, 0.3) is 0 Å². The van der Waals surface area contributed by atoms with Gasteiger partial charge in [-0.15, -0.1) is 5.10 Å². The van der Waals surface area contributed by atoms with Crippen molar-refractivity contribution in [3.63, 3.8) is 0 Å². The largest absolute Gasteiger partial charge is 0.296 e. The van der Waals surface area contributed by atoms with E-state index < -0.39 is 0 Å². The zero-order valence-corrected chi connectivity index (χ0v) is 12.2. The molecule has 4 nitrogen and oxygen atoms in total. The maximum atomic E-state index is 13.1. The molecular formula is C16H11ClFN3O. The number of hydrogen-bond donors (Lipinski definition) is 0. The molecule has 110 valence electrons. The van der Waals surface area contributed by atoms with E-state index in [1.165, 1.54) is 12.1 Å². The minimum absolute atomic E-state index is 0.223. The van der Waals surface area contributed by atoms with Crippen LogP contribution >= 0.6 is 11.6 Å². The van der Waals surface area contributed by atoms with Crippen molar-refractivity contribution in [3.8, 4) is 11.3 Å². The van der Waals surface area contributed by atoms with Crippen LogP contribution < -0.4 is 0 Å². The number of aromatic nitrogens is 3. The molecule has 0 amide bonds. The third-order valence-corrected chi connectivity index (χ3v) is 3.49. The van der Waals surface area contributed by atoms with Gasteiger partial charge in [0.1, 0.15) is 5.82 Å². The van der Waals surface area contributed by atoms with Crippen molar-refractivity contribution in [2.24, 2.45) is 0 Å². The molecule has 0 spiro atoms. The molecule has 0 bridgehead atoms. The lowest BCUT2D eigenvalue weighted by Gasteiger charge is -2.07. The fraction of sp³-hybridized carbons (Fsp3) is 0.0625. The number of carbonyl (C=O) groups is 1. The zero-order chi connectivity index (χ0) is 15.5. The minimum atomic E-state index is -0.340. The molecule has 0 fully saturated rings. The topological polar surface area (TPSA) is 47.8 Å². The van der Waals surface area contributed by atoms with Crippen molar-refractivity contribution >= 4 is 17.9 Å². The highest BCUT2D eigenvalue weighted by molar-refractivity contribution is 6.30. The number of nitrogens with zero attached hydrogens (tertiary/aromatic N) is 3. The van der Waals surface area contributed by atoms with E-state index in [0.717, 1.165) is 5.56 Å². The first kappa shape index (κ1) is 14.4. The van der Waals surface area contributed by atoms with Crippen LogP contribution in [0.5, 0.6) is 0 Å². The SMILES string of the molecule is O=Cc1nnn(Cc2ccc(Cl)cc2)c1-c1ccc(F)cc1. The molecule has 6 heteroatoms. The Morgan fingerprint density at radius 2 is 1.77 bits per heavy atom. The van der Waals surface area contributed by atoms with Gasteiger partial charge < -0.3 is 0 Å². The van der Waals surface area contributed by atoms with Gasteiger partial charge in [0.05, 0.1) is 12.2 Å². The first-order valence-electron chi connectivity index (χ1n) is 6.56. The summed E-state index contributed by atoms with van der Waals surface area (Å²) in [7, 11) is 0. The van der Waals surface area contributed by atoms with Gasteiger partial charge in [-0.3, -0.25) is 4.79 Å². The molecule has 1 aromatic heterocycles. The molecule has 22 heavy (non-hydrogen) atoms. The van der Waals surface area contributed by atoms with Crippen LogP contribution in [0.25, 0.3) is 11.3 Å². The van der Waals surface area contributed by atoms with Crippen LogP contribution in [-0.2, 0) is 6.54 Å². The summed E-state index contributed by atoms with van der Waals surface area (Å²) < 4.78 is 14.7. The van der Waals surface area contributed by atoms with Gasteiger partial charge in [-0.1, -0.05) is 28.9 Å². The fourth-order valence-electron chi connectivity index (χ4n) is 2.18. The third kappa shape index (κ3) is 2.89. The van der Waals surface area contributed by atoms with E-state index >= 15 is 0 Å². The van der Waals surface area contributed by atoms with Gasteiger partial charge in [0.2, 0.25) is 0 Å². The van der Waals surface area contributed by atoms with Crippen LogP contribution in [0.15, 0.2) is 48.5 Å².